The third kappa shape index (κ3) is 2.54. The van der Waals surface area contributed by atoms with Gasteiger partial charge in [-0.1, -0.05) is 0 Å². The van der Waals surface area contributed by atoms with Crippen LogP contribution in [0.3, 0.4) is 0 Å². The Kier molecular flexibility index (Phi) is 3.03. The monoisotopic (exact) mass is 208 g/mol. The molecule has 78 valence electrons. The highest BCUT2D eigenvalue weighted by Crippen LogP contribution is 1.96. The number of carbonyl (C=O) groups excluding carboxylic acids is 1. The highest BCUT2D eigenvalue weighted by atomic mass is 16.5. The molecule has 1 aromatic rings. The molecular weight excluding hydrogens is 200 g/mol. The van der Waals surface area contributed by atoms with Gasteiger partial charge in [0, 0.05) is 6.92 Å². The van der Waals surface area contributed by atoms with Gasteiger partial charge in [-0.25, -0.2) is 4.98 Å². The lowest BCUT2D eigenvalue weighted by atomic mass is 10.4. The number of ether oxygens (including phenoxy) is 1. The second-order valence-corrected chi connectivity index (χ2v) is 2.67. The summed E-state index contributed by atoms with van der Waals surface area (Å²) in [6.07, 6.45) is 1.10. The molecule has 1 rings (SSSR count). The van der Waals surface area contributed by atoms with Crippen LogP contribution in [0.4, 0.5) is 0 Å². The molecule has 0 aliphatic heterocycles. The molecule has 15 heavy (non-hydrogen) atoms. The first-order valence-electron chi connectivity index (χ1n) is 3.94. The summed E-state index contributed by atoms with van der Waals surface area (Å²) in [7, 11) is 0. The molecule has 0 unspecified atom stereocenters. The average molecular weight is 208 g/mol. The summed E-state index contributed by atoms with van der Waals surface area (Å²) in [6, 6.07) is 1.64. The van der Waals surface area contributed by atoms with Crippen molar-refractivity contribution in [2.75, 3.05) is 0 Å². The first-order valence-corrected chi connectivity index (χ1v) is 3.94. The number of aromatic nitrogens is 2. The average Bonchev–Trinajstić information content (AvgIpc) is 2.19. The van der Waals surface area contributed by atoms with Crippen molar-refractivity contribution in [3.63, 3.8) is 0 Å². The molecule has 0 bridgehead atoms. The van der Waals surface area contributed by atoms with E-state index >= 15 is 0 Å². The maximum Gasteiger partial charge on any atom is 0.303 e. The Labute approximate surface area is 84.6 Å². The van der Waals surface area contributed by atoms with E-state index in [1.165, 1.54) is 6.92 Å². The molecule has 7 nitrogen and oxygen atoms in total. The minimum atomic E-state index is -0.491. The maximum absolute atomic E-state index is 10.5. The molecular formula is C8H8N4O3. The maximum atomic E-state index is 10.5. The SMILES string of the molecule is CC(=O)OCc1cn(O)c(=N)c(C#N)n1. The summed E-state index contributed by atoms with van der Waals surface area (Å²) < 4.78 is 5.07. The van der Waals surface area contributed by atoms with Gasteiger partial charge in [0.25, 0.3) is 0 Å². The third-order valence-electron chi connectivity index (χ3n) is 1.51. The lowest BCUT2D eigenvalue weighted by molar-refractivity contribution is -0.142. The first kappa shape index (κ1) is 10.7. The summed E-state index contributed by atoms with van der Waals surface area (Å²) >= 11 is 0. The Bertz CT molecular complexity index is 486. The Morgan fingerprint density at radius 3 is 3.07 bits per heavy atom. The first-order chi connectivity index (χ1) is 7.04. The smallest absolute Gasteiger partial charge is 0.303 e. The number of nitrogens with zero attached hydrogens (tertiary/aromatic N) is 3. The fraction of sp³-hybridized carbons (Fsp3) is 0.250. The number of nitrogens with one attached hydrogen (secondary N) is 1. The van der Waals surface area contributed by atoms with Crippen LogP contribution in [0.2, 0.25) is 0 Å². The van der Waals surface area contributed by atoms with E-state index in [0.29, 0.717) is 4.73 Å². The molecule has 1 aromatic heterocycles. The van der Waals surface area contributed by atoms with Crippen LogP contribution in [0.15, 0.2) is 6.20 Å². The topological polar surface area (TPSA) is 112 Å². The van der Waals surface area contributed by atoms with E-state index in [1.807, 2.05) is 0 Å². The summed E-state index contributed by atoms with van der Waals surface area (Å²) in [5, 5.41) is 25.0. The zero-order valence-electron chi connectivity index (χ0n) is 7.89. The number of carbonyl (C=O) groups is 1. The molecule has 0 atom stereocenters. The lowest BCUT2D eigenvalue weighted by Gasteiger charge is -2.04. The van der Waals surface area contributed by atoms with Crippen molar-refractivity contribution in [2.45, 2.75) is 13.5 Å². The van der Waals surface area contributed by atoms with Gasteiger partial charge in [-0.15, -0.1) is 0 Å². The van der Waals surface area contributed by atoms with Crippen molar-refractivity contribution in [1.82, 2.24) is 9.71 Å². The molecule has 0 aliphatic rings. The molecule has 0 fully saturated rings. The van der Waals surface area contributed by atoms with Gasteiger partial charge in [0.05, 0.1) is 11.9 Å². The number of nitriles is 1. The van der Waals surface area contributed by atoms with E-state index in [2.05, 4.69) is 9.72 Å². The summed E-state index contributed by atoms with van der Waals surface area (Å²) in [6.45, 7) is 1.09. The van der Waals surface area contributed by atoms with Crippen molar-refractivity contribution < 1.29 is 14.7 Å². The van der Waals surface area contributed by atoms with Gasteiger partial charge in [-0.2, -0.15) is 9.99 Å². The molecule has 0 aliphatic carbocycles. The summed E-state index contributed by atoms with van der Waals surface area (Å²) in [5.41, 5.74) is -0.452. The Morgan fingerprint density at radius 2 is 2.53 bits per heavy atom. The molecule has 0 aromatic carbocycles. The van der Waals surface area contributed by atoms with Gasteiger partial charge in [-0.05, 0) is 0 Å². The van der Waals surface area contributed by atoms with Crippen molar-refractivity contribution in [2.24, 2.45) is 0 Å². The number of esters is 1. The second-order valence-electron chi connectivity index (χ2n) is 2.67. The molecule has 0 saturated carbocycles. The normalized spacial score (nSPS) is 9.33. The van der Waals surface area contributed by atoms with Crippen LogP contribution in [0.1, 0.15) is 18.3 Å². The van der Waals surface area contributed by atoms with Crippen molar-refractivity contribution in [1.29, 1.82) is 10.7 Å². The van der Waals surface area contributed by atoms with E-state index in [0.717, 1.165) is 6.20 Å². The molecule has 7 heteroatoms. The van der Waals surface area contributed by atoms with E-state index in [4.69, 9.17) is 10.7 Å². The number of hydrogen-bond acceptors (Lipinski definition) is 6. The van der Waals surface area contributed by atoms with E-state index in [1.54, 1.807) is 6.07 Å². The molecule has 0 saturated heterocycles. The van der Waals surface area contributed by atoms with Gasteiger partial charge in [0.2, 0.25) is 0 Å². The zero-order chi connectivity index (χ0) is 11.4. The van der Waals surface area contributed by atoms with Crippen LogP contribution in [-0.4, -0.2) is 20.9 Å². The quantitative estimate of drug-likeness (QED) is 0.504. The van der Waals surface area contributed by atoms with Gasteiger partial charge in [0.1, 0.15) is 12.7 Å². The largest absolute Gasteiger partial charge is 0.459 e. The standard InChI is InChI=1S/C8H8N4O3/c1-5(13)15-4-6-3-12(14)8(10)7(2-9)11-6/h3,10,14H,4H2,1H3. The van der Waals surface area contributed by atoms with Crippen molar-refractivity contribution in [3.8, 4) is 6.07 Å². The minimum absolute atomic E-state index is 0.148. The highest BCUT2D eigenvalue weighted by Gasteiger charge is 2.05. The molecule has 0 spiro atoms. The van der Waals surface area contributed by atoms with E-state index in [9.17, 15) is 10.0 Å². The second kappa shape index (κ2) is 4.23. The van der Waals surface area contributed by atoms with Gasteiger partial charge in [-0.3, -0.25) is 10.2 Å². The van der Waals surface area contributed by atoms with Crippen molar-refractivity contribution >= 4 is 5.97 Å². The molecule has 0 radical (unpaired) electrons. The zero-order valence-corrected chi connectivity index (χ0v) is 7.89. The van der Waals surface area contributed by atoms with Crippen LogP contribution in [0.5, 0.6) is 0 Å². The van der Waals surface area contributed by atoms with Crippen LogP contribution >= 0.6 is 0 Å². The summed E-state index contributed by atoms with van der Waals surface area (Å²) in [4.78, 5) is 14.2. The Morgan fingerprint density at radius 1 is 1.87 bits per heavy atom. The van der Waals surface area contributed by atoms with Crippen LogP contribution < -0.4 is 5.49 Å². The molecule has 2 N–H and O–H groups in total. The minimum Gasteiger partial charge on any atom is -0.459 e. The number of hydrogen-bond donors (Lipinski definition) is 2. The van der Waals surface area contributed by atoms with Crippen molar-refractivity contribution in [3.05, 3.63) is 23.1 Å². The van der Waals surface area contributed by atoms with Gasteiger partial charge >= 0.3 is 5.97 Å². The highest BCUT2D eigenvalue weighted by molar-refractivity contribution is 5.65. The fourth-order valence-corrected chi connectivity index (χ4v) is 0.863. The molecule has 1 heterocycles. The molecule has 0 amide bonds. The Hall–Kier alpha value is -2.36. The van der Waals surface area contributed by atoms with Crippen LogP contribution in [-0.2, 0) is 16.1 Å². The van der Waals surface area contributed by atoms with Crippen LogP contribution in [0, 0.1) is 16.7 Å². The predicted molar refractivity (Wildman–Crippen MR) is 45.5 cm³/mol. The van der Waals surface area contributed by atoms with Gasteiger partial charge < -0.3 is 9.94 Å². The fourth-order valence-electron chi connectivity index (χ4n) is 0.863. The van der Waals surface area contributed by atoms with E-state index < -0.39 is 11.5 Å². The third-order valence-corrected chi connectivity index (χ3v) is 1.51. The van der Waals surface area contributed by atoms with E-state index in [-0.39, 0.29) is 18.0 Å². The van der Waals surface area contributed by atoms with Crippen LogP contribution in [0.25, 0.3) is 0 Å². The number of rotatable bonds is 2. The lowest BCUT2D eigenvalue weighted by Crippen LogP contribution is -2.23. The predicted octanol–water partition coefficient (Wildman–Crippen LogP) is -0.465. The van der Waals surface area contributed by atoms with Gasteiger partial charge in [0.15, 0.2) is 11.2 Å². The summed E-state index contributed by atoms with van der Waals surface area (Å²) in [5.74, 6) is -0.491. The Balaban J connectivity index is 3.02.